The Balaban J connectivity index is 1.51. The van der Waals surface area contributed by atoms with Crippen LogP contribution in [0.5, 0.6) is 0 Å². The van der Waals surface area contributed by atoms with Crippen molar-refractivity contribution >= 4 is 28.7 Å². The van der Waals surface area contributed by atoms with Crippen molar-refractivity contribution in [3.63, 3.8) is 0 Å². The molecule has 0 saturated heterocycles. The summed E-state index contributed by atoms with van der Waals surface area (Å²) >= 11 is 1.51. The molecule has 0 spiro atoms. The van der Waals surface area contributed by atoms with Crippen molar-refractivity contribution in [3.05, 3.63) is 54.6 Å². The third kappa shape index (κ3) is 3.95. The van der Waals surface area contributed by atoms with Gasteiger partial charge in [0.25, 0.3) is 0 Å². The smallest absolute Gasteiger partial charge is 0.230 e. The number of hydrogen-bond donors (Lipinski definition) is 1. The zero-order valence-corrected chi connectivity index (χ0v) is 17.3. The van der Waals surface area contributed by atoms with Gasteiger partial charge in [-0.15, -0.1) is 0 Å². The van der Waals surface area contributed by atoms with Gasteiger partial charge < -0.3 is 5.32 Å². The molecule has 5 heteroatoms. The number of amides is 1. The van der Waals surface area contributed by atoms with E-state index >= 15 is 0 Å². The molecule has 1 heterocycles. The summed E-state index contributed by atoms with van der Waals surface area (Å²) in [7, 11) is 0. The van der Waals surface area contributed by atoms with Gasteiger partial charge in [-0.05, 0) is 42.5 Å². The molecule has 2 aromatic carbocycles. The first kappa shape index (κ1) is 19.1. The van der Waals surface area contributed by atoms with Crippen LogP contribution in [-0.2, 0) is 4.79 Å². The van der Waals surface area contributed by atoms with Crippen molar-refractivity contribution in [2.45, 2.75) is 44.3 Å². The number of rotatable bonds is 5. The molecule has 1 N–H and O–H groups in total. The fraction of sp³-hybridized carbons (Fsp3) is 0.391. The van der Waals surface area contributed by atoms with Crippen LogP contribution in [0.25, 0.3) is 16.7 Å². The maximum absolute atomic E-state index is 12.6. The van der Waals surface area contributed by atoms with E-state index in [9.17, 15) is 4.79 Å². The number of para-hydroxylation sites is 3. The molecule has 1 aromatic heterocycles. The Bertz CT molecular complexity index is 953. The molecule has 1 amide bonds. The normalized spacial score (nSPS) is 22.3. The fourth-order valence-corrected chi connectivity index (χ4v) is 4.93. The Morgan fingerprint density at radius 3 is 2.68 bits per heavy atom. The number of carbonyl (C=O) groups excluding carboxylic acids is 1. The number of carbonyl (C=O) groups is 1. The van der Waals surface area contributed by atoms with E-state index in [1.54, 1.807) is 0 Å². The van der Waals surface area contributed by atoms with Crippen molar-refractivity contribution in [3.8, 4) is 5.69 Å². The first-order valence-electron chi connectivity index (χ1n) is 10.1. The molecule has 1 fully saturated rings. The summed E-state index contributed by atoms with van der Waals surface area (Å²) in [5, 5.41) is 4.12. The van der Waals surface area contributed by atoms with E-state index < -0.39 is 0 Å². The number of nitrogens with one attached hydrogen (secondary N) is 1. The zero-order chi connectivity index (χ0) is 19.5. The standard InChI is InChI=1S/C23H27N3OS/c1-16-9-8-13-19(17(16)2)24-22(27)15-28-23-25-20-12-6-7-14-21(20)26(23)18-10-4-3-5-11-18/h3-7,10-12,14,16-17,19H,8-9,13,15H2,1-2H3,(H,24,27)/t16-,17+,19+/m1/s1. The lowest BCUT2D eigenvalue weighted by molar-refractivity contribution is -0.120. The van der Waals surface area contributed by atoms with Gasteiger partial charge in [0.15, 0.2) is 5.16 Å². The van der Waals surface area contributed by atoms with E-state index in [0.717, 1.165) is 28.3 Å². The molecule has 3 atom stereocenters. The fourth-order valence-electron chi connectivity index (χ4n) is 4.09. The Labute approximate surface area is 170 Å². The molecule has 0 bridgehead atoms. The Morgan fingerprint density at radius 2 is 1.86 bits per heavy atom. The van der Waals surface area contributed by atoms with Crippen LogP contribution < -0.4 is 5.32 Å². The third-order valence-electron chi connectivity index (χ3n) is 5.93. The Morgan fingerprint density at radius 1 is 1.11 bits per heavy atom. The molecule has 0 unspecified atom stereocenters. The molecular formula is C23H27N3OS. The van der Waals surface area contributed by atoms with Gasteiger partial charge in [0.2, 0.25) is 5.91 Å². The van der Waals surface area contributed by atoms with Crippen molar-refractivity contribution in [1.82, 2.24) is 14.9 Å². The number of hydrogen-bond acceptors (Lipinski definition) is 3. The van der Waals surface area contributed by atoms with Gasteiger partial charge >= 0.3 is 0 Å². The number of benzene rings is 2. The van der Waals surface area contributed by atoms with Gasteiger partial charge in [-0.1, -0.05) is 68.8 Å². The first-order valence-corrected chi connectivity index (χ1v) is 11.1. The van der Waals surface area contributed by atoms with Crippen molar-refractivity contribution < 1.29 is 4.79 Å². The molecule has 4 nitrogen and oxygen atoms in total. The summed E-state index contributed by atoms with van der Waals surface area (Å²) in [5.41, 5.74) is 3.07. The van der Waals surface area contributed by atoms with Crippen molar-refractivity contribution in [2.75, 3.05) is 5.75 Å². The number of aromatic nitrogens is 2. The predicted molar refractivity (Wildman–Crippen MR) is 116 cm³/mol. The lowest BCUT2D eigenvalue weighted by Gasteiger charge is -2.34. The second-order valence-electron chi connectivity index (χ2n) is 7.78. The van der Waals surface area contributed by atoms with Gasteiger partial charge in [0, 0.05) is 11.7 Å². The topological polar surface area (TPSA) is 46.9 Å². The third-order valence-corrected chi connectivity index (χ3v) is 6.87. The minimum absolute atomic E-state index is 0.0996. The van der Waals surface area contributed by atoms with E-state index in [1.807, 2.05) is 36.4 Å². The number of nitrogens with zero attached hydrogens (tertiary/aromatic N) is 2. The highest BCUT2D eigenvalue weighted by Gasteiger charge is 2.28. The number of imidazole rings is 1. The monoisotopic (exact) mass is 393 g/mol. The lowest BCUT2D eigenvalue weighted by atomic mass is 9.78. The SMILES string of the molecule is C[C@H]1[C@H](C)CCC[C@@H]1NC(=O)CSc1nc2ccccc2n1-c1ccccc1. The van der Waals surface area contributed by atoms with Crippen LogP contribution in [0.3, 0.4) is 0 Å². The molecule has 4 rings (SSSR count). The molecule has 0 aliphatic heterocycles. The predicted octanol–water partition coefficient (Wildman–Crippen LogP) is 5.06. The van der Waals surface area contributed by atoms with Gasteiger partial charge in [-0.25, -0.2) is 4.98 Å². The van der Waals surface area contributed by atoms with Crippen LogP contribution in [0.4, 0.5) is 0 Å². The highest BCUT2D eigenvalue weighted by molar-refractivity contribution is 7.99. The van der Waals surface area contributed by atoms with E-state index in [4.69, 9.17) is 4.98 Å². The zero-order valence-electron chi connectivity index (χ0n) is 16.5. The van der Waals surface area contributed by atoms with E-state index in [1.165, 1.54) is 24.6 Å². The molecular weight excluding hydrogens is 366 g/mol. The molecule has 1 aliphatic rings. The van der Waals surface area contributed by atoms with Gasteiger partial charge in [0.05, 0.1) is 16.8 Å². The maximum Gasteiger partial charge on any atom is 0.230 e. The highest BCUT2D eigenvalue weighted by atomic mass is 32.2. The van der Waals surface area contributed by atoms with E-state index in [-0.39, 0.29) is 5.91 Å². The molecule has 28 heavy (non-hydrogen) atoms. The van der Waals surface area contributed by atoms with Crippen LogP contribution in [0.1, 0.15) is 33.1 Å². The molecule has 1 saturated carbocycles. The maximum atomic E-state index is 12.6. The van der Waals surface area contributed by atoms with Gasteiger partial charge in [0.1, 0.15) is 0 Å². The number of thioether (sulfide) groups is 1. The molecule has 0 radical (unpaired) electrons. The first-order chi connectivity index (χ1) is 13.6. The highest BCUT2D eigenvalue weighted by Crippen LogP contribution is 2.30. The van der Waals surface area contributed by atoms with Crippen LogP contribution in [0, 0.1) is 11.8 Å². The van der Waals surface area contributed by atoms with Gasteiger partial charge in [-0.2, -0.15) is 0 Å². The van der Waals surface area contributed by atoms with Gasteiger partial charge in [-0.3, -0.25) is 9.36 Å². The number of fused-ring (bicyclic) bond motifs is 1. The van der Waals surface area contributed by atoms with Crippen LogP contribution in [0.15, 0.2) is 59.8 Å². The summed E-state index contributed by atoms with van der Waals surface area (Å²) < 4.78 is 2.14. The quantitative estimate of drug-likeness (QED) is 0.617. The summed E-state index contributed by atoms with van der Waals surface area (Å²) in [4.78, 5) is 17.4. The van der Waals surface area contributed by atoms with Crippen LogP contribution in [-0.4, -0.2) is 27.3 Å². The lowest BCUT2D eigenvalue weighted by Crippen LogP contribution is -2.44. The second-order valence-corrected chi connectivity index (χ2v) is 8.73. The van der Waals surface area contributed by atoms with Crippen LogP contribution in [0.2, 0.25) is 0 Å². The average molecular weight is 394 g/mol. The minimum Gasteiger partial charge on any atom is -0.352 e. The second kappa shape index (κ2) is 8.39. The molecule has 1 aliphatic carbocycles. The Kier molecular flexibility index (Phi) is 5.72. The Hall–Kier alpha value is -2.27. The average Bonchev–Trinajstić information content (AvgIpc) is 3.09. The van der Waals surface area contributed by atoms with E-state index in [0.29, 0.717) is 23.6 Å². The van der Waals surface area contributed by atoms with E-state index in [2.05, 4.69) is 41.9 Å². The van der Waals surface area contributed by atoms with Crippen molar-refractivity contribution in [2.24, 2.45) is 11.8 Å². The summed E-state index contributed by atoms with van der Waals surface area (Å²) in [6.45, 7) is 4.55. The summed E-state index contributed by atoms with van der Waals surface area (Å²) in [6.07, 6.45) is 3.56. The summed E-state index contributed by atoms with van der Waals surface area (Å²) in [6, 6.07) is 18.6. The van der Waals surface area contributed by atoms with Crippen molar-refractivity contribution in [1.29, 1.82) is 0 Å². The largest absolute Gasteiger partial charge is 0.352 e. The minimum atomic E-state index is 0.0996. The molecule has 146 valence electrons. The summed E-state index contributed by atoms with van der Waals surface area (Å²) in [5.74, 6) is 1.70. The molecule has 3 aromatic rings. The van der Waals surface area contributed by atoms with Crippen LogP contribution >= 0.6 is 11.8 Å².